The van der Waals surface area contributed by atoms with Crippen LogP contribution in [0.25, 0.3) is 11.0 Å². The van der Waals surface area contributed by atoms with Crippen LogP contribution >= 0.6 is 0 Å². The Hall–Kier alpha value is -2.44. The smallest absolute Gasteiger partial charge is 0.245 e. The molecule has 0 bridgehead atoms. The van der Waals surface area contributed by atoms with E-state index in [2.05, 4.69) is 9.97 Å². The van der Waals surface area contributed by atoms with E-state index in [0.29, 0.717) is 0 Å². The lowest BCUT2D eigenvalue weighted by molar-refractivity contribution is -0.146. The van der Waals surface area contributed by atoms with E-state index in [1.165, 1.54) is 0 Å². The molecule has 3 fully saturated rings. The number of likely N-dealkylation sites (tertiary alicyclic amines) is 2. The summed E-state index contributed by atoms with van der Waals surface area (Å²) < 4.78 is 0. The maximum absolute atomic E-state index is 13.5. The number of aromatic nitrogens is 3. The van der Waals surface area contributed by atoms with Crippen LogP contribution in [0.2, 0.25) is 0 Å². The number of hydrogen-bond donors (Lipinski definition) is 1. The lowest BCUT2D eigenvalue weighted by Gasteiger charge is -2.32. The molecule has 2 unspecified atom stereocenters. The maximum Gasteiger partial charge on any atom is 0.245 e. The average Bonchev–Trinajstić information content (AvgIpc) is 3.51. The van der Waals surface area contributed by atoms with Crippen LogP contribution < -0.4 is 0 Å². The fraction of sp³-hybridized carbons (Fsp3) is 0.619. The largest absolute Gasteiger partial charge is 0.339 e. The second kappa shape index (κ2) is 7.18. The van der Waals surface area contributed by atoms with Crippen molar-refractivity contribution in [2.45, 2.75) is 63.5 Å². The van der Waals surface area contributed by atoms with E-state index in [-0.39, 0.29) is 29.8 Å². The summed E-state index contributed by atoms with van der Waals surface area (Å²) in [5.41, 5.74) is 1.78. The SMILES string of the molecule is O=C(C1CCCC1)N1CCCC1C(=O)N1CCCC1c1nc2ccncc2[nH]1. The molecule has 2 aliphatic heterocycles. The first kappa shape index (κ1) is 17.6. The number of hydrogen-bond acceptors (Lipinski definition) is 4. The first-order valence-electron chi connectivity index (χ1n) is 10.6. The molecule has 0 aromatic carbocycles. The molecule has 2 saturated heterocycles. The Kier molecular flexibility index (Phi) is 4.53. The van der Waals surface area contributed by atoms with Crippen molar-refractivity contribution in [3.8, 4) is 0 Å². The second-order valence-electron chi connectivity index (χ2n) is 8.38. The van der Waals surface area contributed by atoms with Crippen LogP contribution in [-0.4, -0.2) is 55.7 Å². The van der Waals surface area contributed by atoms with E-state index in [4.69, 9.17) is 4.98 Å². The van der Waals surface area contributed by atoms with Crippen molar-refractivity contribution in [1.82, 2.24) is 24.8 Å². The highest BCUT2D eigenvalue weighted by atomic mass is 16.2. The van der Waals surface area contributed by atoms with E-state index in [1.807, 2.05) is 15.9 Å². The van der Waals surface area contributed by atoms with E-state index >= 15 is 0 Å². The molecule has 1 N–H and O–H groups in total. The van der Waals surface area contributed by atoms with Crippen molar-refractivity contribution >= 4 is 22.8 Å². The number of pyridine rings is 1. The Morgan fingerprint density at radius 3 is 2.57 bits per heavy atom. The third kappa shape index (κ3) is 2.97. The molecule has 2 aromatic rings. The van der Waals surface area contributed by atoms with Crippen LogP contribution in [0.5, 0.6) is 0 Å². The van der Waals surface area contributed by atoms with Crippen LogP contribution in [0.15, 0.2) is 18.5 Å². The maximum atomic E-state index is 13.5. The van der Waals surface area contributed by atoms with Gasteiger partial charge in [-0.05, 0) is 44.6 Å². The molecule has 1 saturated carbocycles. The first-order chi connectivity index (χ1) is 13.7. The third-order valence-electron chi connectivity index (χ3n) is 6.68. The van der Waals surface area contributed by atoms with Gasteiger partial charge in [0.25, 0.3) is 0 Å². The van der Waals surface area contributed by atoms with Gasteiger partial charge in [0.1, 0.15) is 11.9 Å². The molecule has 148 valence electrons. The summed E-state index contributed by atoms with van der Waals surface area (Å²) in [6.07, 6.45) is 11.3. The summed E-state index contributed by atoms with van der Waals surface area (Å²) in [5.74, 6) is 1.27. The second-order valence-corrected chi connectivity index (χ2v) is 8.38. The number of carbonyl (C=O) groups excluding carboxylic acids is 2. The minimum absolute atomic E-state index is 0.0380. The van der Waals surface area contributed by atoms with Gasteiger partial charge >= 0.3 is 0 Å². The zero-order valence-electron chi connectivity index (χ0n) is 16.1. The van der Waals surface area contributed by atoms with Crippen LogP contribution in [-0.2, 0) is 9.59 Å². The molecule has 28 heavy (non-hydrogen) atoms. The number of nitrogens with zero attached hydrogens (tertiary/aromatic N) is 4. The molecule has 2 amide bonds. The fourth-order valence-electron chi connectivity index (χ4n) is 5.24. The Balaban J connectivity index is 1.36. The lowest BCUT2D eigenvalue weighted by atomic mass is 10.1. The van der Waals surface area contributed by atoms with Crippen LogP contribution in [0.4, 0.5) is 0 Å². The summed E-state index contributed by atoms with van der Waals surface area (Å²) >= 11 is 0. The molecule has 3 aliphatic rings. The van der Waals surface area contributed by atoms with Crippen molar-refractivity contribution < 1.29 is 9.59 Å². The molecule has 0 spiro atoms. The van der Waals surface area contributed by atoms with Gasteiger partial charge in [0, 0.05) is 25.2 Å². The third-order valence-corrected chi connectivity index (χ3v) is 6.68. The van der Waals surface area contributed by atoms with Gasteiger partial charge in [0.15, 0.2) is 0 Å². The molecule has 1 aliphatic carbocycles. The molecular weight excluding hydrogens is 354 g/mol. The van der Waals surface area contributed by atoms with Gasteiger partial charge in [0.05, 0.1) is 23.3 Å². The van der Waals surface area contributed by atoms with Gasteiger partial charge in [-0.25, -0.2) is 4.98 Å². The van der Waals surface area contributed by atoms with Crippen molar-refractivity contribution in [2.75, 3.05) is 13.1 Å². The molecule has 2 aromatic heterocycles. The van der Waals surface area contributed by atoms with Crippen molar-refractivity contribution in [2.24, 2.45) is 5.92 Å². The Labute approximate surface area is 164 Å². The van der Waals surface area contributed by atoms with E-state index in [1.54, 1.807) is 12.4 Å². The number of fused-ring (bicyclic) bond motifs is 1. The van der Waals surface area contributed by atoms with Gasteiger partial charge in [-0.15, -0.1) is 0 Å². The minimum Gasteiger partial charge on any atom is -0.339 e. The predicted molar refractivity (Wildman–Crippen MR) is 104 cm³/mol. The van der Waals surface area contributed by atoms with E-state index in [0.717, 1.165) is 81.3 Å². The van der Waals surface area contributed by atoms with E-state index < -0.39 is 0 Å². The topological polar surface area (TPSA) is 82.2 Å². The number of carbonyl (C=O) groups is 2. The van der Waals surface area contributed by atoms with Gasteiger partial charge in [-0.2, -0.15) is 0 Å². The molecule has 0 radical (unpaired) electrons. The number of nitrogens with one attached hydrogen (secondary N) is 1. The monoisotopic (exact) mass is 381 g/mol. The van der Waals surface area contributed by atoms with Crippen molar-refractivity contribution in [3.05, 3.63) is 24.3 Å². The lowest BCUT2D eigenvalue weighted by Crippen LogP contribution is -2.49. The highest BCUT2D eigenvalue weighted by molar-refractivity contribution is 5.89. The fourth-order valence-corrected chi connectivity index (χ4v) is 5.24. The highest BCUT2D eigenvalue weighted by Gasteiger charge is 2.42. The number of rotatable bonds is 3. The number of amides is 2. The molecule has 7 nitrogen and oxygen atoms in total. The quantitative estimate of drug-likeness (QED) is 0.886. The highest BCUT2D eigenvalue weighted by Crippen LogP contribution is 2.35. The Morgan fingerprint density at radius 1 is 0.964 bits per heavy atom. The summed E-state index contributed by atoms with van der Waals surface area (Å²) in [7, 11) is 0. The molecular formula is C21H27N5O2. The number of H-pyrrole nitrogens is 1. The molecule has 2 atom stereocenters. The Morgan fingerprint density at radius 2 is 1.75 bits per heavy atom. The average molecular weight is 381 g/mol. The zero-order chi connectivity index (χ0) is 19.1. The summed E-state index contributed by atoms with van der Waals surface area (Å²) in [5, 5.41) is 0. The molecule has 5 rings (SSSR count). The standard InChI is InChI=1S/C21H27N5O2/c27-20(14-5-1-2-6-14)26-12-4-8-18(26)21(28)25-11-3-7-17(25)19-23-15-9-10-22-13-16(15)24-19/h9-10,13-14,17-18H,1-8,11-12H2,(H,23,24). The predicted octanol–water partition coefficient (Wildman–Crippen LogP) is 2.80. The van der Waals surface area contributed by atoms with Crippen LogP contribution in [0, 0.1) is 5.92 Å². The summed E-state index contributed by atoms with van der Waals surface area (Å²) in [6, 6.07) is 1.55. The first-order valence-corrected chi connectivity index (χ1v) is 10.6. The van der Waals surface area contributed by atoms with Gasteiger partial charge in [-0.1, -0.05) is 12.8 Å². The van der Waals surface area contributed by atoms with Gasteiger partial charge in [-0.3, -0.25) is 14.6 Å². The number of imidazole rings is 1. The number of aromatic amines is 1. The van der Waals surface area contributed by atoms with E-state index in [9.17, 15) is 9.59 Å². The van der Waals surface area contributed by atoms with Crippen LogP contribution in [0.1, 0.15) is 63.2 Å². The van der Waals surface area contributed by atoms with Gasteiger partial charge < -0.3 is 14.8 Å². The normalized spacial score (nSPS) is 25.9. The van der Waals surface area contributed by atoms with Crippen molar-refractivity contribution in [3.63, 3.8) is 0 Å². The van der Waals surface area contributed by atoms with Gasteiger partial charge in [0.2, 0.25) is 11.8 Å². The van der Waals surface area contributed by atoms with Crippen LogP contribution in [0.3, 0.4) is 0 Å². The molecule has 7 heteroatoms. The summed E-state index contributed by atoms with van der Waals surface area (Å²) in [6.45, 7) is 1.46. The molecule has 4 heterocycles. The van der Waals surface area contributed by atoms with Crippen molar-refractivity contribution in [1.29, 1.82) is 0 Å². The zero-order valence-corrected chi connectivity index (χ0v) is 16.1. The summed E-state index contributed by atoms with van der Waals surface area (Å²) in [4.78, 5) is 42.5. The Bertz CT molecular complexity index is 855. The minimum atomic E-state index is -0.292.